The molecule has 116 valence electrons. The van der Waals surface area contributed by atoms with Gasteiger partial charge in [-0.25, -0.2) is 9.97 Å². The van der Waals surface area contributed by atoms with Crippen LogP contribution in [0.4, 0.5) is 5.82 Å². The second-order valence-electron chi connectivity index (χ2n) is 6.70. The second-order valence-corrected chi connectivity index (χ2v) is 7.06. The van der Waals surface area contributed by atoms with Crippen LogP contribution in [0.3, 0.4) is 0 Å². The third-order valence-corrected chi connectivity index (χ3v) is 5.15. The molecule has 0 N–H and O–H groups in total. The molecule has 2 unspecified atom stereocenters. The Morgan fingerprint density at radius 1 is 1.24 bits per heavy atom. The summed E-state index contributed by atoms with van der Waals surface area (Å²) in [5.74, 6) is 1.38. The average Bonchev–Trinajstić information content (AvgIpc) is 2.45. The monoisotopic (exact) mass is 308 g/mol. The third kappa shape index (κ3) is 2.88. The van der Waals surface area contributed by atoms with E-state index in [-0.39, 0.29) is 0 Å². The number of halogens is 1. The molecule has 0 spiro atoms. The fourth-order valence-electron chi connectivity index (χ4n) is 3.74. The zero-order valence-electron chi connectivity index (χ0n) is 13.2. The number of aromatic nitrogens is 2. The van der Waals surface area contributed by atoms with Crippen molar-refractivity contribution in [3.05, 3.63) is 17.0 Å². The van der Waals surface area contributed by atoms with Crippen LogP contribution >= 0.6 is 11.6 Å². The molecular weight excluding hydrogens is 284 g/mol. The summed E-state index contributed by atoms with van der Waals surface area (Å²) in [4.78, 5) is 13.9. The number of piperidine rings is 1. The van der Waals surface area contributed by atoms with Crippen LogP contribution < -0.4 is 4.90 Å². The van der Waals surface area contributed by atoms with Crippen LogP contribution in [0.1, 0.15) is 51.5 Å². The average molecular weight is 309 g/mol. The van der Waals surface area contributed by atoms with Gasteiger partial charge in [-0.15, -0.1) is 0 Å². The molecule has 4 nitrogen and oxygen atoms in total. The Bertz CT molecular complexity index is 505. The summed E-state index contributed by atoms with van der Waals surface area (Å²) in [6.45, 7) is 10.1. The lowest BCUT2D eigenvalue weighted by molar-refractivity contribution is 0.115. The minimum Gasteiger partial charge on any atom is -0.351 e. The van der Waals surface area contributed by atoms with E-state index in [1.165, 1.54) is 25.8 Å². The van der Waals surface area contributed by atoms with Gasteiger partial charge in [-0.2, -0.15) is 0 Å². The predicted molar refractivity (Wildman–Crippen MR) is 87.2 cm³/mol. The van der Waals surface area contributed by atoms with Crippen LogP contribution in [-0.2, 0) is 0 Å². The molecular formula is C16H25ClN4. The normalized spacial score (nSPS) is 27.0. The van der Waals surface area contributed by atoms with Gasteiger partial charge in [0, 0.05) is 30.7 Å². The number of fused-ring (bicyclic) bond motifs is 1. The van der Waals surface area contributed by atoms with Gasteiger partial charge in [0.1, 0.15) is 17.3 Å². The van der Waals surface area contributed by atoms with Crippen LogP contribution in [0.5, 0.6) is 0 Å². The first kappa shape index (κ1) is 15.0. The fourth-order valence-corrected chi connectivity index (χ4v) is 4.08. The van der Waals surface area contributed by atoms with E-state index in [0.29, 0.717) is 23.2 Å². The van der Waals surface area contributed by atoms with Crippen LogP contribution in [0.15, 0.2) is 6.33 Å². The zero-order valence-corrected chi connectivity index (χ0v) is 14.0. The molecule has 5 heteroatoms. The lowest BCUT2D eigenvalue weighted by Crippen LogP contribution is -2.59. The van der Waals surface area contributed by atoms with Crippen LogP contribution in [0.2, 0.25) is 5.15 Å². The van der Waals surface area contributed by atoms with Crippen LogP contribution in [0, 0.1) is 0 Å². The van der Waals surface area contributed by atoms with E-state index in [9.17, 15) is 0 Å². The van der Waals surface area contributed by atoms with Crippen molar-refractivity contribution in [1.29, 1.82) is 0 Å². The molecule has 2 aliphatic rings. The molecule has 0 bridgehead atoms. The van der Waals surface area contributed by atoms with Crippen molar-refractivity contribution in [1.82, 2.24) is 14.9 Å². The van der Waals surface area contributed by atoms with E-state index in [0.717, 1.165) is 24.5 Å². The Kier molecular flexibility index (Phi) is 4.36. The first-order valence-corrected chi connectivity index (χ1v) is 8.46. The quantitative estimate of drug-likeness (QED) is 0.785. The van der Waals surface area contributed by atoms with Gasteiger partial charge < -0.3 is 4.90 Å². The fraction of sp³-hybridized carbons (Fsp3) is 0.750. The minimum absolute atomic E-state index is 0.338. The van der Waals surface area contributed by atoms with E-state index >= 15 is 0 Å². The van der Waals surface area contributed by atoms with Gasteiger partial charge in [-0.1, -0.05) is 31.9 Å². The number of hydrogen-bond acceptors (Lipinski definition) is 4. The molecule has 2 aliphatic heterocycles. The smallest absolute Gasteiger partial charge is 0.138 e. The lowest BCUT2D eigenvalue weighted by atomic mass is 9.96. The molecule has 1 aromatic heterocycles. The molecule has 2 atom stereocenters. The van der Waals surface area contributed by atoms with E-state index in [1.807, 2.05) is 0 Å². The van der Waals surface area contributed by atoms with Crippen molar-refractivity contribution in [2.45, 2.75) is 58.0 Å². The van der Waals surface area contributed by atoms with Gasteiger partial charge in [0.05, 0.1) is 0 Å². The second kappa shape index (κ2) is 6.09. The molecule has 0 aromatic carbocycles. The molecule has 21 heavy (non-hydrogen) atoms. The Balaban J connectivity index is 1.91. The highest BCUT2D eigenvalue weighted by Gasteiger charge is 2.35. The maximum absolute atomic E-state index is 6.34. The van der Waals surface area contributed by atoms with E-state index in [2.05, 4.69) is 40.5 Å². The van der Waals surface area contributed by atoms with Crippen LogP contribution in [0.25, 0.3) is 0 Å². The predicted octanol–water partition coefficient (Wildman–Crippen LogP) is 3.32. The summed E-state index contributed by atoms with van der Waals surface area (Å²) in [6, 6.07) is 1.14. The summed E-state index contributed by atoms with van der Waals surface area (Å²) < 4.78 is 0. The maximum atomic E-state index is 6.34. The SMILES string of the molecule is CC(C)c1c(Cl)ncnc1N1CC2CCCCN2CC1C. The molecule has 0 radical (unpaired) electrons. The standard InChI is InChI=1S/C16H25ClN4/c1-11(2)14-15(17)18-10-19-16(14)21-9-13-6-4-5-7-20(13)8-12(21)3/h10-13H,4-9H2,1-3H3. The third-order valence-electron chi connectivity index (χ3n) is 4.85. The molecule has 0 amide bonds. The maximum Gasteiger partial charge on any atom is 0.138 e. The van der Waals surface area contributed by atoms with Gasteiger partial charge in [-0.05, 0) is 32.2 Å². The van der Waals surface area contributed by atoms with E-state index < -0.39 is 0 Å². The molecule has 0 saturated carbocycles. The summed E-state index contributed by atoms with van der Waals surface area (Å²) >= 11 is 6.34. The zero-order chi connectivity index (χ0) is 15.0. The van der Waals surface area contributed by atoms with Crippen molar-refractivity contribution in [3.8, 4) is 0 Å². The summed E-state index contributed by atoms with van der Waals surface area (Å²) in [5.41, 5.74) is 1.09. The molecule has 3 heterocycles. The van der Waals surface area contributed by atoms with Gasteiger partial charge in [0.25, 0.3) is 0 Å². The Morgan fingerprint density at radius 3 is 2.81 bits per heavy atom. The number of nitrogens with zero attached hydrogens (tertiary/aromatic N) is 4. The van der Waals surface area contributed by atoms with Crippen molar-refractivity contribution in [2.75, 3.05) is 24.5 Å². The first-order valence-electron chi connectivity index (χ1n) is 8.09. The van der Waals surface area contributed by atoms with Crippen molar-refractivity contribution >= 4 is 17.4 Å². The minimum atomic E-state index is 0.338. The summed E-state index contributed by atoms with van der Waals surface area (Å²) in [6.07, 6.45) is 5.60. The molecule has 1 aromatic rings. The Labute approximate surface area is 132 Å². The topological polar surface area (TPSA) is 32.3 Å². The lowest BCUT2D eigenvalue weighted by Gasteiger charge is -2.48. The molecule has 3 rings (SSSR count). The number of hydrogen-bond donors (Lipinski definition) is 0. The number of piperazine rings is 1. The first-order chi connectivity index (χ1) is 10.1. The van der Waals surface area contributed by atoms with E-state index in [4.69, 9.17) is 11.6 Å². The summed E-state index contributed by atoms with van der Waals surface area (Å²) in [7, 11) is 0. The Morgan fingerprint density at radius 2 is 2.05 bits per heavy atom. The van der Waals surface area contributed by atoms with Gasteiger partial charge in [0.15, 0.2) is 0 Å². The van der Waals surface area contributed by atoms with E-state index in [1.54, 1.807) is 6.33 Å². The number of rotatable bonds is 2. The van der Waals surface area contributed by atoms with Gasteiger partial charge >= 0.3 is 0 Å². The van der Waals surface area contributed by atoms with Gasteiger partial charge in [0.2, 0.25) is 0 Å². The highest BCUT2D eigenvalue weighted by Crippen LogP contribution is 2.34. The van der Waals surface area contributed by atoms with Gasteiger partial charge in [-0.3, -0.25) is 4.90 Å². The number of anilines is 1. The Hall–Kier alpha value is -0.870. The highest BCUT2D eigenvalue weighted by atomic mass is 35.5. The van der Waals surface area contributed by atoms with Crippen molar-refractivity contribution < 1.29 is 0 Å². The molecule has 0 aliphatic carbocycles. The summed E-state index contributed by atoms with van der Waals surface area (Å²) in [5, 5.41) is 0.605. The van der Waals surface area contributed by atoms with Crippen molar-refractivity contribution in [2.24, 2.45) is 0 Å². The van der Waals surface area contributed by atoms with Crippen LogP contribution in [-0.4, -0.2) is 46.6 Å². The molecule has 2 saturated heterocycles. The largest absolute Gasteiger partial charge is 0.351 e. The van der Waals surface area contributed by atoms with Crippen molar-refractivity contribution in [3.63, 3.8) is 0 Å². The molecule has 2 fully saturated rings. The highest BCUT2D eigenvalue weighted by molar-refractivity contribution is 6.30.